The minimum atomic E-state index is -0.121. The zero-order valence-corrected chi connectivity index (χ0v) is 15.6. The zero-order chi connectivity index (χ0) is 18.6. The van der Waals surface area contributed by atoms with Gasteiger partial charge in [-0.2, -0.15) is 0 Å². The van der Waals surface area contributed by atoms with Gasteiger partial charge in [-0.3, -0.25) is 4.79 Å². The van der Waals surface area contributed by atoms with Crippen LogP contribution >= 0.6 is 11.8 Å². The van der Waals surface area contributed by atoms with Crippen molar-refractivity contribution in [1.82, 2.24) is 5.16 Å². The normalized spacial score (nSPS) is 10.9. The molecule has 0 spiro atoms. The molecule has 1 N–H and O–H groups in total. The van der Waals surface area contributed by atoms with Crippen molar-refractivity contribution in [3.05, 3.63) is 89.8 Å². The van der Waals surface area contributed by atoms with E-state index >= 15 is 0 Å². The lowest BCUT2D eigenvalue weighted by Gasteiger charge is -2.10. The molecule has 3 aromatic carbocycles. The molecule has 0 aliphatic carbocycles. The van der Waals surface area contributed by atoms with Crippen molar-refractivity contribution < 1.29 is 9.32 Å². The fraction of sp³-hybridized carbons (Fsp3) is 0.0909. The molecule has 0 saturated carbocycles. The summed E-state index contributed by atoms with van der Waals surface area (Å²) in [4.78, 5) is 13.7. The predicted molar refractivity (Wildman–Crippen MR) is 109 cm³/mol. The van der Waals surface area contributed by atoms with Crippen LogP contribution in [0.5, 0.6) is 0 Å². The SMILES string of the molecule is Cc1cc(CSc2ccccc2C(=O)Nc2ccc3ccccc3c2)no1. The van der Waals surface area contributed by atoms with Crippen LogP contribution in [-0.4, -0.2) is 11.1 Å². The third-order valence-electron chi connectivity index (χ3n) is 4.19. The topological polar surface area (TPSA) is 55.1 Å². The van der Waals surface area contributed by atoms with Gasteiger partial charge in [0.2, 0.25) is 0 Å². The predicted octanol–water partition coefficient (Wildman–Crippen LogP) is 5.68. The van der Waals surface area contributed by atoms with Crippen molar-refractivity contribution in [2.75, 3.05) is 5.32 Å². The second kappa shape index (κ2) is 7.68. The van der Waals surface area contributed by atoms with Crippen LogP contribution in [0.25, 0.3) is 10.8 Å². The molecule has 1 heterocycles. The molecular formula is C22H18N2O2S. The Hall–Kier alpha value is -3.05. The lowest BCUT2D eigenvalue weighted by Crippen LogP contribution is -2.12. The van der Waals surface area contributed by atoms with E-state index in [1.54, 1.807) is 11.8 Å². The molecule has 0 radical (unpaired) electrons. The third-order valence-corrected chi connectivity index (χ3v) is 5.30. The van der Waals surface area contributed by atoms with E-state index in [0.717, 1.165) is 32.8 Å². The summed E-state index contributed by atoms with van der Waals surface area (Å²) in [6.45, 7) is 1.87. The van der Waals surface area contributed by atoms with E-state index in [-0.39, 0.29) is 5.91 Å². The fourth-order valence-electron chi connectivity index (χ4n) is 2.88. The van der Waals surface area contributed by atoms with Gasteiger partial charge in [-0.1, -0.05) is 47.6 Å². The van der Waals surface area contributed by atoms with Crippen molar-refractivity contribution in [3.8, 4) is 0 Å². The van der Waals surface area contributed by atoms with Crippen LogP contribution in [0.2, 0.25) is 0 Å². The Kier molecular flexibility index (Phi) is 4.94. The number of anilines is 1. The summed E-state index contributed by atoms with van der Waals surface area (Å²) in [6, 6.07) is 23.5. The van der Waals surface area contributed by atoms with Gasteiger partial charge in [0.25, 0.3) is 5.91 Å². The number of carbonyl (C=O) groups excluding carboxylic acids is 1. The lowest BCUT2D eigenvalue weighted by atomic mass is 10.1. The Morgan fingerprint density at radius 1 is 1.00 bits per heavy atom. The molecule has 5 heteroatoms. The van der Waals surface area contributed by atoms with Crippen LogP contribution in [0.15, 0.2) is 82.2 Å². The van der Waals surface area contributed by atoms with E-state index in [1.807, 2.05) is 73.7 Å². The van der Waals surface area contributed by atoms with Gasteiger partial charge < -0.3 is 9.84 Å². The Labute approximate surface area is 161 Å². The summed E-state index contributed by atoms with van der Waals surface area (Å²) in [7, 11) is 0. The highest BCUT2D eigenvalue weighted by atomic mass is 32.2. The van der Waals surface area contributed by atoms with Crippen molar-refractivity contribution >= 4 is 34.1 Å². The van der Waals surface area contributed by atoms with Crippen molar-refractivity contribution in [1.29, 1.82) is 0 Å². The van der Waals surface area contributed by atoms with Gasteiger partial charge in [-0.25, -0.2) is 0 Å². The van der Waals surface area contributed by atoms with E-state index in [9.17, 15) is 4.79 Å². The number of aryl methyl sites for hydroxylation is 1. The molecule has 27 heavy (non-hydrogen) atoms. The maximum Gasteiger partial charge on any atom is 0.256 e. The Morgan fingerprint density at radius 2 is 1.78 bits per heavy atom. The molecule has 1 aromatic heterocycles. The number of carbonyl (C=O) groups is 1. The van der Waals surface area contributed by atoms with Crippen molar-refractivity contribution in [3.63, 3.8) is 0 Å². The van der Waals surface area contributed by atoms with Gasteiger partial charge in [-0.15, -0.1) is 11.8 Å². The smallest absolute Gasteiger partial charge is 0.256 e. The van der Waals surface area contributed by atoms with Crippen LogP contribution in [0.1, 0.15) is 21.8 Å². The summed E-state index contributed by atoms with van der Waals surface area (Å²) >= 11 is 1.57. The van der Waals surface area contributed by atoms with Crippen LogP contribution in [-0.2, 0) is 5.75 Å². The van der Waals surface area contributed by atoms with Crippen LogP contribution in [0.4, 0.5) is 5.69 Å². The van der Waals surface area contributed by atoms with Gasteiger partial charge in [-0.05, 0) is 42.0 Å². The van der Waals surface area contributed by atoms with E-state index in [0.29, 0.717) is 11.3 Å². The molecule has 0 atom stereocenters. The number of fused-ring (bicyclic) bond motifs is 1. The summed E-state index contributed by atoms with van der Waals surface area (Å²) in [5.74, 6) is 1.31. The van der Waals surface area contributed by atoms with Gasteiger partial charge in [0.1, 0.15) is 5.76 Å². The molecular weight excluding hydrogens is 356 g/mol. The highest BCUT2D eigenvalue weighted by Gasteiger charge is 2.13. The van der Waals surface area contributed by atoms with E-state index < -0.39 is 0 Å². The minimum Gasteiger partial charge on any atom is -0.361 e. The average Bonchev–Trinajstić information content (AvgIpc) is 3.11. The highest BCUT2D eigenvalue weighted by Crippen LogP contribution is 2.27. The van der Waals surface area contributed by atoms with Gasteiger partial charge in [0.05, 0.1) is 11.3 Å². The molecule has 0 unspecified atom stereocenters. The number of thioether (sulfide) groups is 1. The number of rotatable bonds is 5. The van der Waals surface area contributed by atoms with Gasteiger partial charge in [0.15, 0.2) is 0 Å². The number of hydrogen-bond donors (Lipinski definition) is 1. The first-order valence-electron chi connectivity index (χ1n) is 8.63. The Morgan fingerprint density at radius 3 is 2.59 bits per heavy atom. The first kappa shape index (κ1) is 17.4. The van der Waals surface area contributed by atoms with Crippen LogP contribution in [0, 0.1) is 6.92 Å². The maximum atomic E-state index is 12.8. The highest BCUT2D eigenvalue weighted by molar-refractivity contribution is 7.98. The van der Waals surface area contributed by atoms with Crippen molar-refractivity contribution in [2.45, 2.75) is 17.6 Å². The van der Waals surface area contributed by atoms with Gasteiger partial charge in [0, 0.05) is 22.4 Å². The first-order valence-corrected chi connectivity index (χ1v) is 9.62. The van der Waals surface area contributed by atoms with Crippen LogP contribution < -0.4 is 5.32 Å². The number of nitrogens with zero attached hydrogens (tertiary/aromatic N) is 1. The largest absolute Gasteiger partial charge is 0.361 e. The lowest BCUT2D eigenvalue weighted by molar-refractivity contribution is 0.102. The molecule has 0 aliphatic heterocycles. The second-order valence-electron chi connectivity index (χ2n) is 6.23. The first-order chi connectivity index (χ1) is 13.2. The molecule has 1 amide bonds. The maximum absolute atomic E-state index is 12.8. The molecule has 4 aromatic rings. The Bertz CT molecular complexity index is 1100. The van der Waals surface area contributed by atoms with Crippen LogP contribution in [0.3, 0.4) is 0 Å². The fourth-order valence-corrected chi connectivity index (χ4v) is 3.81. The number of amides is 1. The molecule has 0 aliphatic rings. The average molecular weight is 374 g/mol. The summed E-state index contributed by atoms with van der Waals surface area (Å²) in [6.07, 6.45) is 0. The number of benzene rings is 3. The second-order valence-corrected chi connectivity index (χ2v) is 7.25. The zero-order valence-electron chi connectivity index (χ0n) is 14.8. The molecule has 134 valence electrons. The molecule has 4 nitrogen and oxygen atoms in total. The van der Waals surface area contributed by atoms with Crippen molar-refractivity contribution in [2.24, 2.45) is 0 Å². The standard InChI is InChI=1S/C22H18N2O2S/c1-15-12-19(24-26-15)14-27-21-9-5-4-8-20(21)22(25)23-18-11-10-16-6-2-3-7-17(16)13-18/h2-13H,14H2,1H3,(H,23,25). The molecule has 0 saturated heterocycles. The number of aromatic nitrogens is 1. The number of hydrogen-bond acceptors (Lipinski definition) is 4. The third kappa shape index (κ3) is 4.04. The molecule has 0 bridgehead atoms. The Balaban J connectivity index is 1.52. The molecule has 4 rings (SSSR count). The summed E-state index contributed by atoms with van der Waals surface area (Å²) in [5.41, 5.74) is 2.30. The van der Waals surface area contributed by atoms with E-state index in [1.165, 1.54) is 0 Å². The summed E-state index contributed by atoms with van der Waals surface area (Å²) < 4.78 is 5.10. The quantitative estimate of drug-likeness (QED) is 0.457. The number of nitrogens with one attached hydrogen (secondary N) is 1. The minimum absolute atomic E-state index is 0.121. The monoisotopic (exact) mass is 374 g/mol. The van der Waals surface area contributed by atoms with Gasteiger partial charge >= 0.3 is 0 Å². The van der Waals surface area contributed by atoms with E-state index in [4.69, 9.17) is 4.52 Å². The molecule has 0 fully saturated rings. The van der Waals surface area contributed by atoms with E-state index in [2.05, 4.69) is 16.5 Å². The summed E-state index contributed by atoms with van der Waals surface area (Å²) in [5, 5.41) is 9.26.